The zero-order chi connectivity index (χ0) is 21.2. The van der Waals surface area contributed by atoms with E-state index in [9.17, 15) is 9.59 Å². The third-order valence-corrected chi connectivity index (χ3v) is 4.66. The molecule has 1 aliphatic rings. The molecule has 0 saturated carbocycles. The normalized spacial score (nSPS) is 16.7. The van der Waals surface area contributed by atoms with Crippen molar-refractivity contribution in [1.29, 1.82) is 0 Å². The monoisotopic (exact) mass is 396 g/mol. The van der Waals surface area contributed by atoms with Crippen LogP contribution in [-0.2, 0) is 9.59 Å². The number of hydrogen-bond acceptors (Lipinski definition) is 5. The lowest BCUT2D eigenvalue weighted by atomic mass is 10.1. The number of carbonyl (C=O) groups excluding carboxylic acids is 2. The van der Waals surface area contributed by atoms with Crippen molar-refractivity contribution in [3.05, 3.63) is 53.8 Å². The fraction of sp³-hybridized carbons (Fsp3) is 0.348. The average molecular weight is 396 g/mol. The van der Waals surface area contributed by atoms with Gasteiger partial charge in [0.1, 0.15) is 6.29 Å². The molecule has 1 unspecified atom stereocenters. The molecular weight excluding hydrogens is 368 g/mol. The van der Waals surface area contributed by atoms with Crippen molar-refractivity contribution in [3.63, 3.8) is 0 Å². The van der Waals surface area contributed by atoms with Crippen LogP contribution < -0.4 is 9.47 Å². The smallest absolute Gasteiger partial charge is 0.214 e. The van der Waals surface area contributed by atoms with Gasteiger partial charge in [0.25, 0.3) is 0 Å². The van der Waals surface area contributed by atoms with Gasteiger partial charge in [-0.2, -0.15) is 0 Å². The fourth-order valence-electron chi connectivity index (χ4n) is 3.20. The first-order valence-corrected chi connectivity index (χ1v) is 9.60. The number of nitrogens with zero attached hydrogens (tertiary/aromatic N) is 2. The number of carbonyl (C=O) groups is 2. The fourth-order valence-corrected chi connectivity index (χ4v) is 3.20. The number of unbranched alkanes of at least 4 members (excludes halogenated alkanes) is 1. The van der Waals surface area contributed by atoms with E-state index in [1.165, 1.54) is 0 Å². The number of rotatable bonds is 11. The largest absolute Gasteiger partial charge is 0.493 e. The standard InChI is InChI=1S/C23H28N2O4/c1-5-9-18-13-19(25(16-27)21(18)6-2)15-24-20-14-23(29-11-8-7-10-26)22(28-4)12-17(20)3/h5-6,9-10,12,14-16,19H,2,7-8,11,13H2,1,3-4H3/b9-5-,24-15?. The van der Waals surface area contributed by atoms with E-state index in [4.69, 9.17) is 9.47 Å². The third-order valence-electron chi connectivity index (χ3n) is 4.66. The summed E-state index contributed by atoms with van der Waals surface area (Å²) < 4.78 is 11.2. The minimum Gasteiger partial charge on any atom is -0.493 e. The van der Waals surface area contributed by atoms with Crippen LogP contribution >= 0.6 is 0 Å². The van der Waals surface area contributed by atoms with E-state index in [2.05, 4.69) is 11.6 Å². The Morgan fingerprint density at radius 1 is 1.31 bits per heavy atom. The molecule has 1 heterocycles. The number of aldehydes is 1. The average Bonchev–Trinajstić information content (AvgIpc) is 3.07. The molecule has 1 aromatic carbocycles. The van der Waals surface area contributed by atoms with Crippen LogP contribution in [0.5, 0.6) is 11.5 Å². The maximum Gasteiger partial charge on any atom is 0.214 e. The molecule has 0 spiro atoms. The predicted octanol–water partition coefficient (Wildman–Crippen LogP) is 4.31. The van der Waals surface area contributed by atoms with E-state index in [0.717, 1.165) is 35.2 Å². The van der Waals surface area contributed by atoms with Gasteiger partial charge >= 0.3 is 0 Å². The van der Waals surface area contributed by atoms with E-state index in [-0.39, 0.29) is 6.04 Å². The van der Waals surface area contributed by atoms with Crippen LogP contribution in [0.15, 0.2) is 53.2 Å². The van der Waals surface area contributed by atoms with E-state index >= 15 is 0 Å². The third kappa shape index (κ3) is 5.44. The molecule has 154 valence electrons. The second-order valence-corrected chi connectivity index (χ2v) is 6.62. The molecule has 0 bridgehead atoms. The quantitative estimate of drug-likeness (QED) is 0.317. The molecule has 6 nitrogen and oxygen atoms in total. The van der Waals surface area contributed by atoms with Crippen molar-refractivity contribution in [2.24, 2.45) is 4.99 Å². The van der Waals surface area contributed by atoms with E-state index in [1.807, 2.05) is 38.1 Å². The molecule has 2 rings (SSSR count). The minimum atomic E-state index is -0.176. The first-order chi connectivity index (χ1) is 14.1. The van der Waals surface area contributed by atoms with Gasteiger partial charge in [0.15, 0.2) is 11.5 Å². The summed E-state index contributed by atoms with van der Waals surface area (Å²) >= 11 is 0. The van der Waals surface area contributed by atoms with E-state index < -0.39 is 0 Å². The Hall–Kier alpha value is -3.15. The SMILES string of the molecule is C=CC1=C(/C=C\C)CC(C=Nc2cc(OCCCC=O)c(OC)cc2C)N1C=O. The molecule has 0 saturated heterocycles. The second kappa shape index (κ2) is 11.0. The zero-order valence-corrected chi connectivity index (χ0v) is 17.3. The van der Waals surface area contributed by atoms with Crippen LogP contribution in [-0.4, -0.2) is 43.6 Å². The van der Waals surface area contributed by atoms with Gasteiger partial charge < -0.3 is 19.2 Å². The summed E-state index contributed by atoms with van der Waals surface area (Å²) in [4.78, 5) is 28.4. The number of benzene rings is 1. The van der Waals surface area contributed by atoms with Gasteiger partial charge in [0, 0.05) is 30.8 Å². The number of ether oxygens (including phenoxy) is 2. The van der Waals surface area contributed by atoms with Crippen LogP contribution in [0.2, 0.25) is 0 Å². The molecule has 1 amide bonds. The molecule has 0 fully saturated rings. The molecule has 0 radical (unpaired) electrons. The van der Waals surface area contributed by atoms with Gasteiger partial charge in [-0.05, 0) is 43.5 Å². The van der Waals surface area contributed by atoms with E-state index in [0.29, 0.717) is 37.4 Å². The first kappa shape index (κ1) is 22.1. The van der Waals surface area contributed by atoms with Gasteiger partial charge in [0.05, 0.1) is 25.4 Å². The van der Waals surface area contributed by atoms with Crippen molar-refractivity contribution < 1.29 is 19.1 Å². The highest BCUT2D eigenvalue weighted by Crippen LogP contribution is 2.35. The summed E-state index contributed by atoms with van der Waals surface area (Å²) in [5, 5.41) is 0. The number of hydrogen-bond donors (Lipinski definition) is 0. The molecule has 0 aromatic heterocycles. The topological polar surface area (TPSA) is 68.2 Å². The lowest BCUT2D eigenvalue weighted by molar-refractivity contribution is -0.116. The van der Waals surface area contributed by atoms with Gasteiger partial charge in [-0.1, -0.05) is 18.7 Å². The van der Waals surface area contributed by atoms with Crippen LogP contribution in [0.25, 0.3) is 0 Å². The Balaban J connectivity index is 2.24. The molecular formula is C23H28N2O4. The van der Waals surface area contributed by atoms with Crippen molar-refractivity contribution >= 4 is 24.6 Å². The zero-order valence-electron chi connectivity index (χ0n) is 17.3. The molecule has 29 heavy (non-hydrogen) atoms. The Morgan fingerprint density at radius 3 is 2.72 bits per heavy atom. The maximum atomic E-state index is 11.6. The summed E-state index contributed by atoms with van der Waals surface area (Å²) in [7, 11) is 1.59. The van der Waals surface area contributed by atoms with Crippen LogP contribution in [0, 0.1) is 6.92 Å². The highest BCUT2D eigenvalue weighted by atomic mass is 16.5. The molecule has 6 heteroatoms. The van der Waals surface area contributed by atoms with E-state index in [1.54, 1.807) is 24.3 Å². The molecule has 0 aliphatic carbocycles. The van der Waals surface area contributed by atoms with Gasteiger partial charge in [-0.25, -0.2) is 0 Å². The Kier molecular flexibility index (Phi) is 8.40. The Labute approximate surface area is 172 Å². The summed E-state index contributed by atoms with van der Waals surface area (Å²) in [5.74, 6) is 1.20. The second-order valence-electron chi connectivity index (χ2n) is 6.62. The Morgan fingerprint density at radius 2 is 2.10 bits per heavy atom. The maximum absolute atomic E-state index is 11.6. The summed E-state index contributed by atoms with van der Waals surface area (Å²) in [6.07, 6.45) is 10.9. The van der Waals surface area contributed by atoms with Gasteiger partial charge in [-0.3, -0.25) is 9.79 Å². The summed E-state index contributed by atoms with van der Waals surface area (Å²) in [6, 6.07) is 3.51. The summed E-state index contributed by atoms with van der Waals surface area (Å²) in [6.45, 7) is 8.13. The summed E-state index contributed by atoms with van der Waals surface area (Å²) in [5.41, 5.74) is 3.53. The first-order valence-electron chi connectivity index (χ1n) is 9.60. The number of aryl methyl sites for hydroxylation is 1. The van der Waals surface area contributed by atoms with Crippen LogP contribution in [0.4, 0.5) is 5.69 Å². The van der Waals surface area contributed by atoms with Crippen molar-refractivity contribution in [2.45, 2.75) is 39.2 Å². The molecule has 0 N–H and O–H groups in total. The number of aliphatic imine (C=N–C) groups is 1. The van der Waals surface area contributed by atoms with Crippen LogP contribution in [0.3, 0.4) is 0 Å². The number of amides is 1. The van der Waals surface area contributed by atoms with Gasteiger partial charge in [-0.15, -0.1) is 0 Å². The molecule has 1 aromatic rings. The molecule has 1 aliphatic heterocycles. The van der Waals surface area contributed by atoms with Gasteiger partial charge in [0.2, 0.25) is 6.41 Å². The number of methoxy groups -OCH3 is 1. The minimum absolute atomic E-state index is 0.176. The lowest BCUT2D eigenvalue weighted by Gasteiger charge is -2.18. The molecule has 1 atom stereocenters. The van der Waals surface area contributed by atoms with Crippen molar-refractivity contribution in [2.75, 3.05) is 13.7 Å². The van der Waals surface area contributed by atoms with Crippen LogP contribution in [0.1, 0.15) is 31.7 Å². The predicted molar refractivity (Wildman–Crippen MR) is 115 cm³/mol. The lowest BCUT2D eigenvalue weighted by Crippen LogP contribution is -2.29. The Bertz CT molecular complexity index is 840. The van der Waals surface area contributed by atoms with Crippen molar-refractivity contribution in [1.82, 2.24) is 4.90 Å². The highest BCUT2D eigenvalue weighted by Gasteiger charge is 2.27. The van der Waals surface area contributed by atoms with Crippen molar-refractivity contribution in [3.8, 4) is 11.5 Å². The highest BCUT2D eigenvalue weighted by molar-refractivity contribution is 5.77. The number of allylic oxidation sites excluding steroid dienone is 3.